The Morgan fingerprint density at radius 3 is 2.91 bits per heavy atom. The van der Waals surface area contributed by atoms with Crippen LogP contribution >= 0.6 is 31.9 Å². The molecule has 2 aliphatic rings. The topological polar surface area (TPSA) is 54.5 Å². The van der Waals surface area contributed by atoms with Gasteiger partial charge < -0.3 is 0 Å². The van der Waals surface area contributed by atoms with Crippen LogP contribution in [0.25, 0.3) is 11.4 Å². The molecular formula is C5H2Br2N4. The summed E-state index contributed by atoms with van der Waals surface area (Å²) in [5.41, 5.74) is 1.64. The minimum atomic E-state index is 0.650. The molecule has 6 heteroatoms. The summed E-state index contributed by atoms with van der Waals surface area (Å²) < 4.78 is 1.43. The van der Waals surface area contributed by atoms with Crippen molar-refractivity contribution in [2.45, 2.75) is 0 Å². The Hall–Kier alpha value is -0.490. The Labute approximate surface area is 79.0 Å². The summed E-state index contributed by atoms with van der Waals surface area (Å²) in [6.07, 6.45) is 0. The van der Waals surface area contributed by atoms with Gasteiger partial charge in [0.05, 0.1) is 5.69 Å². The van der Waals surface area contributed by atoms with Crippen molar-refractivity contribution in [3.05, 3.63) is 15.3 Å². The molecule has 4 nitrogen and oxygen atoms in total. The number of aromatic nitrogens is 4. The third-order valence-electron chi connectivity index (χ3n) is 1.24. The number of H-pyrrole nitrogens is 1. The maximum absolute atomic E-state index is 4.15. The summed E-state index contributed by atoms with van der Waals surface area (Å²) in [6.45, 7) is 0. The van der Waals surface area contributed by atoms with Crippen molar-refractivity contribution in [2.75, 3.05) is 0 Å². The van der Waals surface area contributed by atoms with E-state index in [9.17, 15) is 0 Å². The van der Waals surface area contributed by atoms with Crippen LogP contribution in [0.2, 0.25) is 0 Å². The number of fused-ring (bicyclic) bond motifs is 1. The van der Waals surface area contributed by atoms with Crippen molar-refractivity contribution < 1.29 is 0 Å². The fourth-order valence-corrected chi connectivity index (χ4v) is 1.59. The number of nitrogens with one attached hydrogen (secondary N) is 1. The standard InChI is InChI=1S/C5H2Br2N4/c6-3-1-2-4(8-3)5(7)10-11-9-2/h1H,(H,9,10). The SMILES string of the molecule is Brc1cc2[nH]nnc(Br)c-2n1. The highest BCUT2D eigenvalue weighted by molar-refractivity contribution is 9.10. The van der Waals surface area contributed by atoms with Crippen molar-refractivity contribution in [1.82, 2.24) is 20.4 Å². The smallest absolute Gasteiger partial charge is 0.158 e. The van der Waals surface area contributed by atoms with E-state index in [-0.39, 0.29) is 0 Å². The number of nitrogens with zero attached hydrogens (tertiary/aromatic N) is 3. The number of halogens is 2. The molecular weight excluding hydrogens is 276 g/mol. The van der Waals surface area contributed by atoms with Gasteiger partial charge in [-0.15, -0.1) is 5.10 Å². The molecule has 0 unspecified atom stereocenters. The molecule has 0 saturated heterocycles. The lowest BCUT2D eigenvalue weighted by Gasteiger charge is -1.94. The zero-order valence-electron chi connectivity index (χ0n) is 5.17. The largest absolute Gasteiger partial charge is 0.257 e. The molecule has 2 aliphatic heterocycles. The summed E-state index contributed by atoms with van der Waals surface area (Å²) in [7, 11) is 0. The highest BCUT2D eigenvalue weighted by Gasteiger charge is 2.11. The highest BCUT2D eigenvalue weighted by Crippen LogP contribution is 2.27. The number of rotatable bonds is 0. The van der Waals surface area contributed by atoms with E-state index >= 15 is 0 Å². The number of hydrogen-bond acceptors (Lipinski definition) is 3. The van der Waals surface area contributed by atoms with Gasteiger partial charge in [0.25, 0.3) is 0 Å². The predicted molar refractivity (Wildman–Crippen MR) is 46.2 cm³/mol. The highest BCUT2D eigenvalue weighted by atomic mass is 79.9. The lowest BCUT2D eigenvalue weighted by Crippen LogP contribution is -1.92. The van der Waals surface area contributed by atoms with Crippen LogP contribution in [0.3, 0.4) is 0 Å². The number of aromatic amines is 1. The molecule has 0 spiro atoms. The molecule has 56 valence electrons. The van der Waals surface area contributed by atoms with E-state index in [1.807, 2.05) is 6.07 Å². The molecule has 0 aromatic carbocycles. The summed E-state index contributed by atoms with van der Waals surface area (Å²) in [4.78, 5) is 4.15. The van der Waals surface area contributed by atoms with Gasteiger partial charge in [-0.25, -0.2) is 4.98 Å². The van der Waals surface area contributed by atoms with Crippen molar-refractivity contribution >= 4 is 31.9 Å². The molecule has 0 aromatic rings. The normalized spacial score (nSPS) is 10.7. The molecule has 0 bridgehead atoms. The Bertz CT molecular complexity index is 358. The fourth-order valence-electron chi connectivity index (χ4n) is 0.799. The molecule has 0 saturated carbocycles. The molecule has 0 radical (unpaired) electrons. The first-order valence-corrected chi connectivity index (χ1v) is 4.39. The Morgan fingerprint density at radius 2 is 2.18 bits per heavy atom. The van der Waals surface area contributed by atoms with Gasteiger partial charge in [-0.1, -0.05) is 5.21 Å². The molecule has 1 N–H and O–H groups in total. The lowest BCUT2D eigenvalue weighted by molar-refractivity contribution is 0.851. The van der Waals surface area contributed by atoms with Gasteiger partial charge in [0.2, 0.25) is 0 Å². The van der Waals surface area contributed by atoms with Gasteiger partial charge in [-0.05, 0) is 37.9 Å². The second kappa shape index (κ2) is 2.53. The molecule has 0 aliphatic carbocycles. The quantitative estimate of drug-likeness (QED) is 0.799. The van der Waals surface area contributed by atoms with Crippen LogP contribution in [0.4, 0.5) is 0 Å². The van der Waals surface area contributed by atoms with Crippen LogP contribution in [0.15, 0.2) is 15.3 Å². The molecule has 0 atom stereocenters. The zero-order valence-corrected chi connectivity index (χ0v) is 8.35. The van der Waals surface area contributed by atoms with Crippen LogP contribution in [0, 0.1) is 0 Å². The molecule has 0 fully saturated rings. The van der Waals surface area contributed by atoms with Crippen LogP contribution in [-0.2, 0) is 0 Å². The van der Waals surface area contributed by atoms with Gasteiger partial charge >= 0.3 is 0 Å². The zero-order chi connectivity index (χ0) is 7.84. The van der Waals surface area contributed by atoms with Crippen LogP contribution in [0.5, 0.6) is 0 Å². The third-order valence-corrected chi connectivity index (χ3v) is 2.18. The second-order valence-electron chi connectivity index (χ2n) is 1.94. The minimum Gasteiger partial charge on any atom is -0.257 e. The van der Waals surface area contributed by atoms with Gasteiger partial charge in [-0.3, -0.25) is 5.10 Å². The van der Waals surface area contributed by atoms with Crippen LogP contribution < -0.4 is 0 Å². The predicted octanol–water partition coefficient (Wildman–Crippen LogP) is 1.83. The first kappa shape index (κ1) is 7.17. The average molecular weight is 278 g/mol. The van der Waals surface area contributed by atoms with E-state index in [0.717, 1.165) is 16.0 Å². The molecule has 0 amide bonds. The van der Waals surface area contributed by atoms with Crippen molar-refractivity contribution in [1.29, 1.82) is 0 Å². The van der Waals surface area contributed by atoms with Gasteiger partial charge in [-0.2, -0.15) is 0 Å². The van der Waals surface area contributed by atoms with Gasteiger partial charge in [0, 0.05) is 0 Å². The van der Waals surface area contributed by atoms with Crippen molar-refractivity contribution in [3.63, 3.8) is 0 Å². The van der Waals surface area contributed by atoms with Crippen LogP contribution in [0.1, 0.15) is 0 Å². The van der Waals surface area contributed by atoms with Gasteiger partial charge in [0.1, 0.15) is 10.3 Å². The summed E-state index contributed by atoms with van der Waals surface area (Å²) in [6, 6.07) is 1.84. The van der Waals surface area contributed by atoms with E-state index in [1.54, 1.807) is 0 Å². The summed E-state index contributed by atoms with van der Waals surface area (Å²) in [5.74, 6) is 0. The molecule has 2 rings (SSSR count). The first-order valence-electron chi connectivity index (χ1n) is 2.80. The van der Waals surface area contributed by atoms with E-state index < -0.39 is 0 Å². The first-order chi connectivity index (χ1) is 5.27. The number of hydrogen-bond donors (Lipinski definition) is 1. The fraction of sp³-hybridized carbons (Fsp3) is 0. The summed E-state index contributed by atoms with van der Waals surface area (Å²) in [5, 5.41) is 10.1. The van der Waals surface area contributed by atoms with Crippen molar-refractivity contribution in [2.24, 2.45) is 0 Å². The van der Waals surface area contributed by atoms with E-state index in [1.165, 1.54) is 0 Å². The Balaban J connectivity index is 2.78. The maximum atomic E-state index is 4.15. The molecule has 2 heterocycles. The van der Waals surface area contributed by atoms with E-state index in [0.29, 0.717) is 4.60 Å². The van der Waals surface area contributed by atoms with Crippen molar-refractivity contribution in [3.8, 4) is 11.4 Å². The van der Waals surface area contributed by atoms with E-state index in [4.69, 9.17) is 0 Å². The van der Waals surface area contributed by atoms with E-state index in [2.05, 4.69) is 52.3 Å². The molecule has 0 aromatic heterocycles. The van der Waals surface area contributed by atoms with Gasteiger partial charge in [0.15, 0.2) is 4.60 Å². The Kier molecular flexibility index (Phi) is 1.65. The lowest BCUT2D eigenvalue weighted by atomic mass is 10.4. The molecule has 11 heavy (non-hydrogen) atoms. The van der Waals surface area contributed by atoms with Crippen LogP contribution in [-0.4, -0.2) is 20.4 Å². The minimum absolute atomic E-state index is 0.650. The Morgan fingerprint density at radius 1 is 1.36 bits per heavy atom. The average Bonchev–Trinajstić information content (AvgIpc) is 2.31. The second-order valence-corrected chi connectivity index (χ2v) is 3.51. The monoisotopic (exact) mass is 276 g/mol. The maximum Gasteiger partial charge on any atom is 0.158 e. The summed E-state index contributed by atoms with van der Waals surface area (Å²) >= 11 is 6.48. The third kappa shape index (κ3) is 1.16.